The fourth-order valence-corrected chi connectivity index (χ4v) is 1.69. The van der Waals surface area contributed by atoms with Crippen molar-refractivity contribution in [2.75, 3.05) is 7.11 Å². The van der Waals surface area contributed by atoms with E-state index < -0.39 is 0 Å². The molecule has 2 aromatic carbocycles. The second-order valence-electron chi connectivity index (χ2n) is 4.01. The topological polar surface area (TPSA) is 26.3 Å². The van der Waals surface area contributed by atoms with Gasteiger partial charge in [-0.15, -0.1) is 0 Å². The Morgan fingerprint density at radius 3 is 1.78 bits per heavy atom. The average Bonchev–Trinajstić information content (AvgIpc) is 2.44. The summed E-state index contributed by atoms with van der Waals surface area (Å²) in [4.78, 5) is 8.00. The Bertz CT molecular complexity index is 457. The van der Waals surface area contributed by atoms with Crippen molar-refractivity contribution in [3.05, 3.63) is 65.2 Å². The molecule has 2 aromatic rings. The van der Waals surface area contributed by atoms with Crippen LogP contribution in [-0.2, 0) is 11.2 Å². The molecule has 0 aliphatic rings. The third-order valence-corrected chi connectivity index (χ3v) is 2.69. The molecule has 18 heavy (non-hydrogen) atoms. The third kappa shape index (κ3) is 4.06. The van der Waals surface area contributed by atoms with E-state index in [0.717, 1.165) is 12.2 Å². The van der Waals surface area contributed by atoms with Crippen molar-refractivity contribution in [2.45, 2.75) is 13.3 Å². The Labute approximate surface area is 108 Å². The molecule has 0 aliphatic carbocycles. The lowest BCUT2D eigenvalue weighted by molar-refractivity contribution is -0.0979. The molecule has 0 spiro atoms. The molecule has 2 rings (SSSR count). The quantitative estimate of drug-likeness (QED) is 0.824. The second kappa shape index (κ2) is 7.28. The lowest BCUT2D eigenvalue weighted by Gasteiger charge is -2.04. The smallest absolute Gasteiger partial charge is 0.118 e. The summed E-state index contributed by atoms with van der Waals surface area (Å²) >= 11 is 0. The van der Waals surface area contributed by atoms with Crippen LogP contribution in [0.3, 0.4) is 0 Å². The lowest BCUT2D eigenvalue weighted by Crippen LogP contribution is -1.89. The first-order valence-corrected chi connectivity index (χ1v) is 5.75. The molecule has 0 bridgehead atoms. The van der Waals surface area contributed by atoms with Crippen LogP contribution in [0.4, 0.5) is 0 Å². The number of methoxy groups -OCH3 is 1. The number of rotatable bonds is 3. The molecule has 0 N–H and O–H groups in total. The Morgan fingerprint density at radius 2 is 1.33 bits per heavy atom. The Morgan fingerprint density at radius 1 is 0.889 bits per heavy atom. The molecule has 2 nitrogen and oxygen atoms in total. The predicted molar refractivity (Wildman–Crippen MR) is 74.1 cm³/mol. The minimum atomic E-state index is 0.910. The summed E-state index contributed by atoms with van der Waals surface area (Å²) in [6.07, 6.45) is 0.976. The number of ether oxygens (including phenoxy) is 1. The van der Waals surface area contributed by atoms with E-state index in [9.17, 15) is 0 Å². The van der Waals surface area contributed by atoms with Gasteiger partial charge in [0, 0.05) is 0 Å². The number of aryl methyl sites for hydroxylation is 1. The van der Waals surface area contributed by atoms with Gasteiger partial charge in [0.1, 0.15) is 12.5 Å². The van der Waals surface area contributed by atoms with Crippen molar-refractivity contribution in [1.29, 1.82) is 0 Å². The standard InChI is InChI=1S/C15H16O.CH2O/c1-12-3-5-13(6-4-12)11-14-7-9-15(16-2)10-8-14;1-2/h3-10H,11H2,1-2H3;1H2. The van der Waals surface area contributed by atoms with Gasteiger partial charge in [0.15, 0.2) is 0 Å². The molecule has 0 atom stereocenters. The number of hydrogen-bond donors (Lipinski definition) is 0. The molecule has 0 amide bonds. The summed E-state index contributed by atoms with van der Waals surface area (Å²) in [5, 5.41) is 0. The van der Waals surface area contributed by atoms with Crippen LogP contribution in [0.25, 0.3) is 0 Å². The molecule has 0 radical (unpaired) electrons. The molecular formula is C16H18O2. The normalized spacial score (nSPS) is 9.22. The van der Waals surface area contributed by atoms with Crippen LogP contribution >= 0.6 is 0 Å². The van der Waals surface area contributed by atoms with Crippen molar-refractivity contribution in [1.82, 2.24) is 0 Å². The molecule has 94 valence electrons. The van der Waals surface area contributed by atoms with E-state index in [1.807, 2.05) is 18.9 Å². The van der Waals surface area contributed by atoms with Gasteiger partial charge in [-0.1, -0.05) is 42.0 Å². The molecular weight excluding hydrogens is 224 g/mol. The third-order valence-electron chi connectivity index (χ3n) is 2.69. The highest BCUT2D eigenvalue weighted by Gasteiger charge is 1.97. The Hall–Kier alpha value is -2.09. The number of carbonyl (C=O) groups is 1. The van der Waals surface area contributed by atoms with E-state index in [1.165, 1.54) is 16.7 Å². The van der Waals surface area contributed by atoms with Crippen molar-refractivity contribution >= 4 is 6.79 Å². The maximum Gasteiger partial charge on any atom is 0.118 e. The van der Waals surface area contributed by atoms with Gasteiger partial charge in [-0.3, -0.25) is 0 Å². The van der Waals surface area contributed by atoms with Gasteiger partial charge >= 0.3 is 0 Å². The molecule has 0 heterocycles. The summed E-state index contributed by atoms with van der Waals surface area (Å²) in [6, 6.07) is 16.9. The van der Waals surface area contributed by atoms with Crippen LogP contribution in [0.2, 0.25) is 0 Å². The molecule has 2 heteroatoms. The monoisotopic (exact) mass is 242 g/mol. The second-order valence-corrected chi connectivity index (χ2v) is 4.01. The zero-order valence-electron chi connectivity index (χ0n) is 10.8. The van der Waals surface area contributed by atoms with Gasteiger partial charge in [-0.25, -0.2) is 0 Å². The van der Waals surface area contributed by atoms with Crippen molar-refractivity contribution in [3.8, 4) is 5.75 Å². The van der Waals surface area contributed by atoms with Gasteiger partial charge in [0.05, 0.1) is 7.11 Å². The van der Waals surface area contributed by atoms with Crippen LogP contribution < -0.4 is 4.74 Å². The van der Waals surface area contributed by atoms with Crippen LogP contribution in [0.5, 0.6) is 5.75 Å². The molecule has 0 aliphatic heterocycles. The van der Waals surface area contributed by atoms with E-state index in [0.29, 0.717) is 0 Å². The van der Waals surface area contributed by atoms with Crippen molar-refractivity contribution in [3.63, 3.8) is 0 Å². The van der Waals surface area contributed by atoms with Gasteiger partial charge in [0.2, 0.25) is 0 Å². The summed E-state index contributed by atoms with van der Waals surface area (Å²) < 4.78 is 5.14. The zero-order valence-corrected chi connectivity index (χ0v) is 10.8. The zero-order chi connectivity index (χ0) is 13.4. The van der Waals surface area contributed by atoms with Gasteiger partial charge in [-0.2, -0.15) is 0 Å². The largest absolute Gasteiger partial charge is 0.497 e. The first-order valence-electron chi connectivity index (χ1n) is 5.75. The average molecular weight is 242 g/mol. The number of carbonyl (C=O) groups excluding carboxylic acids is 1. The first-order chi connectivity index (χ1) is 8.78. The lowest BCUT2D eigenvalue weighted by atomic mass is 10.0. The van der Waals surface area contributed by atoms with Crippen molar-refractivity contribution in [2.24, 2.45) is 0 Å². The summed E-state index contributed by atoms with van der Waals surface area (Å²) in [5.74, 6) is 0.910. The summed E-state index contributed by atoms with van der Waals surface area (Å²) in [5.41, 5.74) is 3.96. The van der Waals surface area contributed by atoms with Crippen LogP contribution in [0.1, 0.15) is 16.7 Å². The minimum Gasteiger partial charge on any atom is -0.497 e. The van der Waals surface area contributed by atoms with Crippen LogP contribution in [0.15, 0.2) is 48.5 Å². The first kappa shape index (κ1) is 14.0. The highest BCUT2D eigenvalue weighted by atomic mass is 16.5. The van der Waals surface area contributed by atoms with E-state index in [-0.39, 0.29) is 0 Å². The predicted octanol–water partition coefficient (Wildman–Crippen LogP) is 3.41. The molecule has 0 fully saturated rings. The highest BCUT2D eigenvalue weighted by molar-refractivity contribution is 5.32. The van der Waals surface area contributed by atoms with E-state index in [1.54, 1.807) is 7.11 Å². The molecule has 0 unspecified atom stereocenters. The molecule has 0 aromatic heterocycles. The fraction of sp³-hybridized carbons (Fsp3) is 0.188. The maximum atomic E-state index is 8.00. The Balaban J connectivity index is 0.000000771. The Kier molecular flexibility index (Phi) is 5.65. The van der Waals surface area contributed by atoms with Crippen LogP contribution in [-0.4, -0.2) is 13.9 Å². The van der Waals surface area contributed by atoms with Gasteiger partial charge < -0.3 is 9.53 Å². The van der Waals surface area contributed by atoms with Gasteiger partial charge in [-0.05, 0) is 36.6 Å². The highest BCUT2D eigenvalue weighted by Crippen LogP contribution is 2.15. The summed E-state index contributed by atoms with van der Waals surface area (Å²) in [6.45, 7) is 4.11. The molecule has 0 saturated carbocycles. The van der Waals surface area contributed by atoms with E-state index in [2.05, 4.69) is 43.3 Å². The van der Waals surface area contributed by atoms with E-state index in [4.69, 9.17) is 9.53 Å². The SMILES string of the molecule is C=O.COc1ccc(Cc2ccc(C)cc2)cc1. The minimum absolute atomic E-state index is 0.910. The van der Waals surface area contributed by atoms with Crippen LogP contribution in [0, 0.1) is 6.92 Å². The fourth-order valence-electron chi connectivity index (χ4n) is 1.69. The van der Waals surface area contributed by atoms with E-state index >= 15 is 0 Å². The number of benzene rings is 2. The number of hydrogen-bond acceptors (Lipinski definition) is 2. The van der Waals surface area contributed by atoms with Gasteiger partial charge in [0.25, 0.3) is 0 Å². The maximum absolute atomic E-state index is 8.00. The molecule has 0 saturated heterocycles. The summed E-state index contributed by atoms with van der Waals surface area (Å²) in [7, 11) is 1.69. The van der Waals surface area contributed by atoms with Crippen molar-refractivity contribution < 1.29 is 9.53 Å².